The number of hydrogen-bond acceptors (Lipinski definition) is 6. The summed E-state index contributed by atoms with van der Waals surface area (Å²) < 4.78 is 9.72. The van der Waals surface area contributed by atoms with Crippen LogP contribution in [0.5, 0.6) is 0 Å². The maximum atomic E-state index is 8.76. The molecule has 0 bridgehead atoms. The molecule has 6 heteroatoms. The van der Waals surface area contributed by atoms with Gasteiger partial charge >= 0.3 is 0 Å². The number of hydrogen-bond donors (Lipinski definition) is 2. The molecule has 2 aromatic heterocycles. The summed E-state index contributed by atoms with van der Waals surface area (Å²) in [5.74, 6) is 0.612. The summed E-state index contributed by atoms with van der Waals surface area (Å²) >= 11 is 0. The molecule has 1 atom stereocenters. The number of rotatable bonds is 3. The van der Waals surface area contributed by atoms with Crippen LogP contribution >= 0.6 is 0 Å². The fourth-order valence-corrected chi connectivity index (χ4v) is 0.973. The molecular weight excluding hydrogens is 186 g/mol. The van der Waals surface area contributed by atoms with Crippen molar-refractivity contribution in [3.8, 4) is 11.4 Å². The van der Waals surface area contributed by atoms with Gasteiger partial charge in [0.25, 0.3) is 0 Å². The van der Waals surface area contributed by atoms with Gasteiger partial charge < -0.3 is 19.8 Å². The third-order valence-electron chi connectivity index (χ3n) is 1.74. The third-order valence-corrected chi connectivity index (χ3v) is 1.74. The lowest BCUT2D eigenvalue weighted by Gasteiger charge is -1.98. The summed E-state index contributed by atoms with van der Waals surface area (Å²) in [5.41, 5.74) is 6.20. The average Bonchev–Trinajstić information content (AvgIpc) is 2.86. The lowest BCUT2D eigenvalue weighted by Crippen LogP contribution is -2.14. The maximum Gasteiger partial charge on any atom is 0.246 e. The van der Waals surface area contributed by atoms with Crippen LogP contribution in [0.2, 0.25) is 0 Å². The van der Waals surface area contributed by atoms with E-state index >= 15 is 0 Å². The van der Waals surface area contributed by atoms with Crippen molar-refractivity contribution in [1.82, 2.24) is 10.1 Å². The van der Waals surface area contributed by atoms with Crippen molar-refractivity contribution < 1.29 is 14.0 Å². The van der Waals surface area contributed by atoms with Gasteiger partial charge in [-0.05, 0) is 6.07 Å². The SMILES string of the molecule is N[C@H](CO)c1nc(-c2ccoc2)no1. The fourth-order valence-electron chi connectivity index (χ4n) is 0.973. The normalized spacial score (nSPS) is 13.0. The van der Waals surface area contributed by atoms with E-state index in [1.807, 2.05) is 0 Å². The second-order valence-corrected chi connectivity index (χ2v) is 2.76. The molecule has 0 saturated carbocycles. The van der Waals surface area contributed by atoms with Crippen LogP contribution in [0.4, 0.5) is 0 Å². The second kappa shape index (κ2) is 3.60. The lowest BCUT2D eigenvalue weighted by molar-refractivity contribution is 0.237. The number of nitrogens with zero attached hydrogens (tertiary/aromatic N) is 2. The molecule has 2 rings (SSSR count). The molecule has 0 aliphatic rings. The van der Waals surface area contributed by atoms with Gasteiger partial charge in [0.1, 0.15) is 12.3 Å². The van der Waals surface area contributed by atoms with Gasteiger partial charge in [-0.15, -0.1) is 0 Å². The highest BCUT2D eigenvalue weighted by Gasteiger charge is 2.14. The number of aliphatic hydroxyl groups excluding tert-OH is 1. The van der Waals surface area contributed by atoms with Crippen LogP contribution in [0, 0.1) is 0 Å². The van der Waals surface area contributed by atoms with E-state index in [2.05, 4.69) is 10.1 Å². The number of aliphatic hydroxyl groups is 1. The van der Waals surface area contributed by atoms with Crippen LogP contribution in [0.25, 0.3) is 11.4 Å². The fraction of sp³-hybridized carbons (Fsp3) is 0.250. The summed E-state index contributed by atoms with van der Waals surface area (Å²) in [7, 11) is 0. The molecule has 0 saturated heterocycles. The van der Waals surface area contributed by atoms with Crippen molar-refractivity contribution in [2.45, 2.75) is 6.04 Å². The Morgan fingerprint density at radius 3 is 3.07 bits per heavy atom. The van der Waals surface area contributed by atoms with Crippen LogP contribution in [-0.2, 0) is 0 Å². The molecule has 0 fully saturated rings. The van der Waals surface area contributed by atoms with Crippen LogP contribution in [-0.4, -0.2) is 21.9 Å². The van der Waals surface area contributed by atoms with Gasteiger partial charge in [0.05, 0.1) is 18.4 Å². The van der Waals surface area contributed by atoms with Crippen molar-refractivity contribution in [2.24, 2.45) is 5.73 Å². The predicted molar refractivity (Wildman–Crippen MR) is 46.0 cm³/mol. The van der Waals surface area contributed by atoms with Gasteiger partial charge in [-0.1, -0.05) is 5.16 Å². The van der Waals surface area contributed by atoms with E-state index in [0.717, 1.165) is 0 Å². The third kappa shape index (κ3) is 1.52. The van der Waals surface area contributed by atoms with Crippen LogP contribution in [0.1, 0.15) is 11.9 Å². The van der Waals surface area contributed by atoms with E-state index in [4.69, 9.17) is 19.8 Å². The Bertz CT molecular complexity index is 396. The van der Waals surface area contributed by atoms with E-state index in [0.29, 0.717) is 11.4 Å². The number of aromatic nitrogens is 2. The first-order chi connectivity index (χ1) is 6.81. The van der Waals surface area contributed by atoms with Crippen LogP contribution in [0.3, 0.4) is 0 Å². The molecular formula is C8H9N3O3. The molecule has 2 heterocycles. The molecule has 6 nitrogen and oxygen atoms in total. The summed E-state index contributed by atoms with van der Waals surface area (Å²) in [6.07, 6.45) is 3.01. The second-order valence-electron chi connectivity index (χ2n) is 2.76. The Morgan fingerprint density at radius 1 is 1.57 bits per heavy atom. The topological polar surface area (TPSA) is 98.3 Å². The van der Waals surface area contributed by atoms with Crippen molar-refractivity contribution in [3.05, 3.63) is 24.5 Å². The van der Waals surface area contributed by atoms with Gasteiger partial charge in [-0.25, -0.2) is 0 Å². The highest BCUT2D eigenvalue weighted by Crippen LogP contribution is 2.17. The molecule has 74 valence electrons. The van der Waals surface area contributed by atoms with Gasteiger partial charge in [0.15, 0.2) is 0 Å². The van der Waals surface area contributed by atoms with Gasteiger partial charge in [-0.3, -0.25) is 0 Å². The van der Waals surface area contributed by atoms with E-state index in [1.54, 1.807) is 6.07 Å². The zero-order valence-electron chi connectivity index (χ0n) is 7.25. The monoisotopic (exact) mass is 195 g/mol. The molecule has 14 heavy (non-hydrogen) atoms. The molecule has 2 aromatic rings. The van der Waals surface area contributed by atoms with Crippen molar-refractivity contribution in [2.75, 3.05) is 6.61 Å². The van der Waals surface area contributed by atoms with Gasteiger partial charge in [0, 0.05) is 0 Å². The maximum absolute atomic E-state index is 8.76. The minimum Gasteiger partial charge on any atom is -0.472 e. The Hall–Kier alpha value is -1.66. The highest BCUT2D eigenvalue weighted by atomic mass is 16.5. The Morgan fingerprint density at radius 2 is 2.43 bits per heavy atom. The smallest absolute Gasteiger partial charge is 0.246 e. The van der Waals surface area contributed by atoms with Gasteiger partial charge in [-0.2, -0.15) is 4.98 Å². The van der Waals surface area contributed by atoms with Crippen LogP contribution in [0.15, 0.2) is 27.5 Å². The molecule has 3 N–H and O–H groups in total. The predicted octanol–water partition coefficient (Wildman–Crippen LogP) is 0.322. The van der Waals surface area contributed by atoms with Crippen molar-refractivity contribution in [3.63, 3.8) is 0 Å². The first-order valence-corrected chi connectivity index (χ1v) is 4.04. The van der Waals surface area contributed by atoms with E-state index in [-0.39, 0.29) is 12.5 Å². The van der Waals surface area contributed by atoms with E-state index in [1.165, 1.54) is 12.5 Å². The van der Waals surface area contributed by atoms with Crippen molar-refractivity contribution in [1.29, 1.82) is 0 Å². The molecule has 0 spiro atoms. The van der Waals surface area contributed by atoms with Crippen molar-refractivity contribution >= 4 is 0 Å². The molecule has 0 amide bonds. The number of nitrogens with two attached hydrogens (primary N) is 1. The molecule has 0 aromatic carbocycles. The zero-order chi connectivity index (χ0) is 9.97. The lowest BCUT2D eigenvalue weighted by atomic mass is 10.3. The highest BCUT2D eigenvalue weighted by molar-refractivity contribution is 5.51. The summed E-state index contributed by atoms with van der Waals surface area (Å²) in [5, 5.41) is 12.4. The van der Waals surface area contributed by atoms with Crippen LogP contribution < -0.4 is 5.73 Å². The Balaban J connectivity index is 2.26. The first-order valence-electron chi connectivity index (χ1n) is 4.04. The molecule has 0 aliphatic heterocycles. The number of furan rings is 1. The average molecular weight is 195 g/mol. The quantitative estimate of drug-likeness (QED) is 0.731. The zero-order valence-corrected chi connectivity index (χ0v) is 7.25. The minimum atomic E-state index is -0.636. The van der Waals surface area contributed by atoms with E-state index < -0.39 is 6.04 Å². The Labute approximate surface area is 79.3 Å². The summed E-state index contributed by atoms with van der Waals surface area (Å²) in [6, 6.07) is 1.07. The minimum absolute atomic E-state index is 0.212. The Kier molecular flexibility index (Phi) is 2.30. The standard InChI is InChI=1S/C8H9N3O3/c9-6(3-12)8-10-7(11-14-8)5-1-2-13-4-5/h1-2,4,6,12H,3,9H2/t6-/m1/s1. The molecule has 0 aliphatic carbocycles. The van der Waals surface area contributed by atoms with Gasteiger partial charge in [0.2, 0.25) is 11.7 Å². The first kappa shape index (κ1) is 8.92. The largest absolute Gasteiger partial charge is 0.472 e. The summed E-state index contributed by atoms with van der Waals surface area (Å²) in [6.45, 7) is -0.229. The summed E-state index contributed by atoms with van der Waals surface area (Å²) in [4.78, 5) is 4.00. The molecule has 0 unspecified atom stereocenters. The van der Waals surface area contributed by atoms with E-state index in [9.17, 15) is 0 Å². The molecule has 0 radical (unpaired) electrons.